The first-order valence-corrected chi connectivity index (χ1v) is 12.7. The van der Waals surface area contributed by atoms with Gasteiger partial charge >= 0.3 is 0 Å². The maximum Gasteiger partial charge on any atom is 0.206 e. The van der Waals surface area contributed by atoms with E-state index >= 15 is 0 Å². The minimum Gasteiger partial charge on any atom is -0.505 e. The van der Waals surface area contributed by atoms with Crippen molar-refractivity contribution in [1.29, 1.82) is 0 Å². The molecular weight excluding hydrogens is 432 g/mol. The van der Waals surface area contributed by atoms with Gasteiger partial charge in [-0.15, -0.1) is 0 Å². The number of rotatable bonds is 5. The fraction of sp³-hybridized carbons (Fsp3) is 0.750. The molecule has 0 aliphatic heterocycles. The van der Waals surface area contributed by atoms with Crippen LogP contribution in [0.3, 0.4) is 0 Å². The van der Waals surface area contributed by atoms with Crippen molar-refractivity contribution in [3.8, 4) is 0 Å². The number of carbonyl (C=O) groups is 3. The summed E-state index contributed by atoms with van der Waals surface area (Å²) in [7, 11) is 0. The second-order valence-electron chi connectivity index (χ2n) is 12.9. The first-order chi connectivity index (χ1) is 15.5. The Hall–Kier alpha value is -1.79. The molecule has 0 amide bonds. The summed E-state index contributed by atoms with van der Waals surface area (Å²) < 4.78 is 0. The molecule has 0 saturated heterocycles. The summed E-state index contributed by atoms with van der Waals surface area (Å²) in [5.74, 6) is -1.18. The molecule has 4 rings (SSSR count). The van der Waals surface area contributed by atoms with Crippen molar-refractivity contribution < 1.29 is 29.7 Å². The quantitative estimate of drug-likeness (QED) is 0.520. The third kappa shape index (κ3) is 3.55. The van der Waals surface area contributed by atoms with Crippen LogP contribution in [-0.4, -0.2) is 44.4 Å². The molecular formula is C28H40O6. The van der Waals surface area contributed by atoms with E-state index in [1.54, 1.807) is 19.9 Å². The minimum atomic E-state index is -1.14. The van der Waals surface area contributed by atoms with Crippen molar-refractivity contribution in [1.82, 2.24) is 0 Å². The van der Waals surface area contributed by atoms with Crippen LogP contribution in [0.1, 0.15) is 80.1 Å². The summed E-state index contributed by atoms with van der Waals surface area (Å²) in [5.41, 5.74) is -2.12. The Morgan fingerprint density at radius 1 is 1.15 bits per heavy atom. The highest BCUT2D eigenvalue weighted by Gasteiger charge is 2.66. The molecule has 7 unspecified atom stereocenters. The Kier molecular flexibility index (Phi) is 5.85. The molecule has 0 spiro atoms. The molecule has 188 valence electrons. The number of ketones is 3. The van der Waals surface area contributed by atoms with Crippen molar-refractivity contribution in [2.75, 3.05) is 0 Å². The normalized spacial score (nSPS) is 40.0. The van der Waals surface area contributed by atoms with Crippen LogP contribution in [0.5, 0.6) is 0 Å². The molecule has 3 N–H and O–H groups in total. The van der Waals surface area contributed by atoms with Gasteiger partial charge in [-0.05, 0) is 82.6 Å². The largest absolute Gasteiger partial charge is 0.505 e. The SMILES string of the molecule is CC(C)(O)CCC(=O)C(O)C1CCC2C3CC=C4C(C=C(O)C(=O)C4(C)C)C3(C)C(=O)CC12C. The number of allylic oxidation sites excluding steroid dienone is 4. The molecule has 0 aromatic carbocycles. The van der Waals surface area contributed by atoms with Gasteiger partial charge in [0.15, 0.2) is 11.5 Å². The molecule has 0 aromatic heterocycles. The van der Waals surface area contributed by atoms with Gasteiger partial charge in [0.05, 0.1) is 11.0 Å². The Labute approximate surface area is 202 Å². The molecule has 0 aromatic rings. The maximum absolute atomic E-state index is 13.9. The molecule has 4 aliphatic carbocycles. The van der Waals surface area contributed by atoms with E-state index in [4.69, 9.17) is 0 Å². The fourth-order valence-electron chi connectivity index (χ4n) is 7.81. The van der Waals surface area contributed by atoms with Crippen LogP contribution in [0.4, 0.5) is 0 Å². The average molecular weight is 473 g/mol. The molecule has 6 nitrogen and oxygen atoms in total. The van der Waals surface area contributed by atoms with Gasteiger partial charge in [-0.3, -0.25) is 14.4 Å². The number of fused-ring (bicyclic) bond motifs is 5. The van der Waals surface area contributed by atoms with Gasteiger partial charge in [-0.2, -0.15) is 0 Å². The van der Waals surface area contributed by atoms with Gasteiger partial charge in [-0.1, -0.05) is 25.5 Å². The predicted molar refractivity (Wildman–Crippen MR) is 128 cm³/mol. The third-order valence-corrected chi connectivity index (χ3v) is 9.99. The van der Waals surface area contributed by atoms with E-state index in [0.29, 0.717) is 12.8 Å². The third-order valence-electron chi connectivity index (χ3n) is 9.99. The highest BCUT2D eigenvalue weighted by atomic mass is 16.3. The smallest absolute Gasteiger partial charge is 0.206 e. The number of aliphatic hydroxyl groups excluding tert-OH is 2. The van der Waals surface area contributed by atoms with Crippen molar-refractivity contribution in [3.63, 3.8) is 0 Å². The molecule has 2 saturated carbocycles. The second kappa shape index (κ2) is 7.86. The number of hydrogen-bond acceptors (Lipinski definition) is 6. The van der Waals surface area contributed by atoms with Crippen LogP contribution >= 0.6 is 0 Å². The van der Waals surface area contributed by atoms with E-state index in [9.17, 15) is 29.7 Å². The van der Waals surface area contributed by atoms with Crippen LogP contribution in [0, 0.1) is 39.9 Å². The van der Waals surface area contributed by atoms with Gasteiger partial charge in [0.2, 0.25) is 5.78 Å². The molecule has 0 heterocycles. The van der Waals surface area contributed by atoms with E-state index < -0.39 is 27.9 Å². The molecule has 7 atom stereocenters. The zero-order valence-corrected chi connectivity index (χ0v) is 21.4. The lowest BCUT2D eigenvalue weighted by Gasteiger charge is -2.58. The van der Waals surface area contributed by atoms with Gasteiger partial charge in [0, 0.05) is 24.2 Å². The molecule has 0 bridgehead atoms. The monoisotopic (exact) mass is 472 g/mol. The van der Waals surface area contributed by atoms with E-state index in [1.165, 1.54) is 0 Å². The number of Topliss-reactive ketones (excluding diaryl/α,β-unsaturated/α-hetero) is 3. The Morgan fingerprint density at radius 3 is 2.41 bits per heavy atom. The van der Waals surface area contributed by atoms with Gasteiger partial charge in [0.25, 0.3) is 0 Å². The van der Waals surface area contributed by atoms with Crippen LogP contribution in [-0.2, 0) is 14.4 Å². The highest BCUT2D eigenvalue weighted by Crippen LogP contribution is 2.67. The van der Waals surface area contributed by atoms with E-state index in [1.807, 2.05) is 20.8 Å². The summed E-state index contributed by atoms with van der Waals surface area (Å²) in [6.45, 7) is 11.0. The lowest BCUT2D eigenvalue weighted by molar-refractivity contribution is -0.156. The average Bonchev–Trinajstić information content (AvgIpc) is 3.06. The molecule has 2 fully saturated rings. The second-order valence-corrected chi connectivity index (χ2v) is 12.9. The summed E-state index contributed by atoms with van der Waals surface area (Å²) >= 11 is 0. The first-order valence-electron chi connectivity index (χ1n) is 12.7. The van der Waals surface area contributed by atoms with E-state index in [0.717, 1.165) is 12.0 Å². The molecule has 34 heavy (non-hydrogen) atoms. The standard InChI is InChI=1S/C28H40O6/c1-25(2,34)12-11-20(29)23(32)18-10-8-16-17-9-7-15-19(13-21(30)24(33)26(15,3)4)28(17,6)22(31)14-27(16,18)5/h7,13,16-19,23,30,32,34H,8-12,14H2,1-6H3. The van der Waals surface area contributed by atoms with Crippen molar-refractivity contribution in [3.05, 3.63) is 23.5 Å². The summed E-state index contributed by atoms with van der Waals surface area (Å²) in [5, 5.41) is 31.5. The Balaban J connectivity index is 1.65. The Morgan fingerprint density at radius 2 is 1.79 bits per heavy atom. The summed E-state index contributed by atoms with van der Waals surface area (Å²) in [6.07, 6.45) is 5.42. The highest BCUT2D eigenvalue weighted by molar-refractivity contribution is 6.02. The van der Waals surface area contributed by atoms with Crippen molar-refractivity contribution >= 4 is 17.3 Å². The summed E-state index contributed by atoms with van der Waals surface area (Å²) in [6, 6.07) is 0. The van der Waals surface area contributed by atoms with Gasteiger partial charge < -0.3 is 15.3 Å². The van der Waals surface area contributed by atoms with Crippen LogP contribution in [0.15, 0.2) is 23.5 Å². The minimum absolute atomic E-state index is 0.0178. The zero-order chi connectivity index (χ0) is 25.4. The number of carbonyl (C=O) groups excluding carboxylic acids is 3. The van der Waals surface area contributed by atoms with Crippen molar-refractivity contribution in [2.24, 2.45) is 39.9 Å². The maximum atomic E-state index is 13.9. The molecule has 0 radical (unpaired) electrons. The first kappa shape index (κ1) is 25.3. The predicted octanol–water partition coefficient (Wildman–Crippen LogP) is 4.09. The van der Waals surface area contributed by atoms with Crippen LogP contribution in [0.25, 0.3) is 0 Å². The molecule has 6 heteroatoms. The van der Waals surface area contributed by atoms with Crippen molar-refractivity contribution in [2.45, 2.75) is 91.8 Å². The summed E-state index contributed by atoms with van der Waals surface area (Å²) in [4.78, 5) is 39.4. The van der Waals surface area contributed by atoms with Gasteiger partial charge in [0.1, 0.15) is 11.9 Å². The fourth-order valence-corrected chi connectivity index (χ4v) is 7.81. The molecule has 4 aliphatic rings. The lowest BCUT2D eigenvalue weighted by atomic mass is 9.44. The van der Waals surface area contributed by atoms with Crippen LogP contribution in [0.2, 0.25) is 0 Å². The Bertz CT molecular complexity index is 981. The van der Waals surface area contributed by atoms with E-state index in [2.05, 4.69) is 13.0 Å². The zero-order valence-electron chi connectivity index (χ0n) is 21.4. The number of hydrogen-bond donors (Lipinski definition) is 3. The topological polar surface area (TPSA) is 112 Å². The van der Waals surface area contributed by atoms with Crippen LogP contribution < -0.4 is 0 Å². The lowest BCUT2D eigenvalue weighted by Crippen LogP contribution is -2.59. The number of aliphatic hydroxyl groups is 3. The van der Waals surface area contributed by atoms with E-state index in [-0.39, 0.29) is 66.0 Å². The van der Waals surface area contributed by atoms with Gasteiger partial charge in [-0.25, -0.2) is 0 Å².